The molecule has 1 nitrogen and oxygen atoms in total. The molecule has 0 aliphatic heterocycles. The topological polar surface area (TPSA) is 17.1 Å². The van der Waals surface area contributed by atoms with E-state index in [1.165, 1.54) is 135 Å². The average Bonchev–Trinajstić information content (AvgIpc) is 2.77. The Morgan fingerprint density at radius 3 is 1.16 bits per heavy atom. The summed E-state index contributed by atoms with van der Waals surface area (Å²) in [7, 11) is 0. The summed E-state index contributed by atoms with van der Waals surface area (Å²) in [5.41, 5.74) is 0. The quantitative estimate of drug-likeness (QED) is 0.0976. The van der Waals surface area contributed by atoms with Crippen molar-refractivity contribution in [2.24, 2.45) is 0 Å². The maximum atomic E-state index is 11.5. The van der Waals surface area contributed by atoms with Crippen LogP contribution in [0, 0.1) is 0 Å². The Kier molecular flexibility index (Phi) is 26.9. The fourth-order valence-electron chi connectivity index (χ4n) is 4.39. The SMILES string of the molecule is CCCCCCCC/C=C\CCCCCCCCCCCCCCCCC(=O)CCC. The first kappa shape index (κ1) is 30.4. The molecule has 0 amide bonds. The van der Waals surface area contributed by atoms with E-state index in [1.54, 1.807) is 0 Å². The highest BCUT2D eigenvalue weighted by atomic mass is 16.1. The lowest BCUT2D eigenvalue weighted by Gasteiger charge is -2.03. The zero-order chi connectivity index (χ0) is 22.7. The molecule has 0 N–H and O–H groups in total. The van der Waals surface area contributed by atoms with Crippen molar-refractivity contribution in [2.45, 2.75) is 174 Å². The van der Waals surface area contributed by atoms with E-state index in [9.17, 15) is 4.79 Å². The Balaban J connectivity index is 3.09. The lowest BCUT2D eigenvalue weighted by atomic mass is 10.0. The Morgan fingerprint density at radius 2 is 0.774 bits per heavy atom. The number of allylic oxidation sites excluding steroid dienone is 2. The maximum Gasteiger partial charge on any atom is 0.132 e. The van der Waals surface area contributed by atoms with Gasteiger partial charge < -0.3 is 0 Å². The predicted octanol–water partition coefficient (Wildman–Crippen LogP) is 10.9. The Bertz CT molecular complexity index is 371. The number of rotatable bonds is 26. The predicted molar refractivity (Wildman–Crippen MR) is 141 cm³/mol. The summed E-state index contributed by atoms with van der Waals surface area (Å²) < 4.78 is 0. The van der Waals surface area contributed by atoms with Gasteiger partial charge in [-0.05, 0) is 38.5 Å². The van der Waals surface area contributed by atoms with E-state index in [2.05, 4.69) is 26.0 Å². The number of hydrogen-bond acceptors (Lipinski definition) is 1. The van der Waals surface area contributed by atoms with E-state index in [0.717, 1.165) is 25.7 Å². The molecule has 0 aromatic heterocycles. The highest BCUT2D eigenvalue weighted by molar-refractivity contribution is 5.78. The summed E-state index contributed by atoms with van der Waals surface area (Å²) in [5.74, 6) is 0.471. The molecule has 0 saturated heterocycles. The molecule has 0 atom stereocenters. The van der Waals surface area contributed by atoms with Crippen LogP contribution in [0.25, 0.3) is 0 Å². The van der Waals surface area contributed by atoms with Crippen molar-refractivity contribution in [3.63, 3.8) is 0 Å². The number of carbonyl (C=O) groups excluding carboxylic acids is 1. The number of Topliss-reactive ketones (excluding diaryl/α,β-unsaturated/α-hetero) is 1. The Morgan fingerprint density at radius 1 is 0.419 bits per heavy atom. The van der Waals surface area contributed by atoms with Crippen molar-refractivity contribution in [3.05, 3.63) is 12.2 Å². The normalized spacial score (nSPS) is 11.5. The van der Waals surface area contributed by atoms with Gasteiger partial charge in [0.25, 0.3) is 0 Å². The molecule has 0 heterocycles. The first-order valence-electron chi connectivity index (χ1n) is 14.5. The van der Waals surface area contributed by atoms with Crippen molar-refractivity contribution in [3.8, 4) is 0 Å². The molecule has 0 fully saturated rings. The third-order valence-electron chi connectivity index (χ3n) is 6.50. The van der Waals surface area contributed by atoms with Gasteiger partial charge in [0.1, 0.15) is 5.78 Å². The second-order valence-electron chi connectivity index (χ2n) is 9.80. The zero-order valence-electron chi connectivity index (χ0n) is 21.7. The van der Waals surface area contributed by atoms with Gasteiger partial charge in [0.05, 0.1) is 0 Å². The van der Waals surface area contributed by atoms with Crippen LogP contribution < -0.4 is 0 Å². The summed E-state index contributed by atoms with van der Waals surface area (Å²) in [6.45, 7) is 4.38. The van der Waals surface area contributed by atoms with Crippen LogP contribution in [-0.4, -0.2) is 5.78 Å². The van der Waals surface area contributed by atoms with E-state index in [0.29, 0.717) is 5.78 Å². The van der Waals surface area contributed by atoms with Crippen LogP contribution in [0.1, 0.15) is 174 Å². The summed E-state index contributed by atoms with van der Waals surface area (Å²) in [4.78, 5) is 11.5. The molecule has 1 heteroatoms. The van der Waals surface area contributed by atoms with Crippen molar-refractivity contribution >= 4 is 5.78 Å². The van der Waals surface area contributed by atoms with E-state index in [-0.39, 0.29) is 0 Å². The second-order valence-corrected chi connectivity index (χ2v) is 9.80. The van der Waals surface area contributed by atoms with E-state index < -0.39 is 0 Å². The average molecular weight is 435 g/mol. The lowest BCUT2D eigenvalue weighted by Crippen LogP contribution is -1.96. The Hall–Kier alpha value is -0.590. The smallest absolute Gasteiger partial charge is 0.132 e. The molecule has 0 saturated carbocycles. The fourth-order valence-corrected chi connectivity index (χ4v) is 4.39. The van der Waals surface area contributed by atoms with Gasteiger partial charge in [-0.1, -0.05) is 135 Å². The number of hydrogen-bond donors (Lipinski definition) is 0. The largest absolute Gasteiger partial charge is 0.300 e. The third kappa shape index (κ3) is 27.4. The molecule has 0 aliphatic carbocycles. The maximum absolute atomic E-state index is 11.5. The number of ketones is 1. The molecule has 0 aliphatic rings. The molecule has 31 heavy (non-hydrogen) atoms. The van der Waals surface area contributed by atoms with Crippen LogP contribution >= 0.6 is 0 Å². The standard InChI is InChI=1S/C30H58O/c1-3-5-6-7-8-9-10-11-12-13-14-15-16-17-18-19-20-21-22-23-24-25-26-27-29-30(31)28-4-2/h11-12H,3-10,13-29H2,1-2H3/b12-11-. The molecule has 0 bridgehead atoms. The monoisotopic (exact) mass is 434 g/mol. The van der Waals surface area contributed by atoms with E-state index >= 15 is 0 Å². The number of unbranched alkanes of at least 4 members (excludes halogenated alkanes) is 20. The first-order chi connectivity index (χ1) is 15.3. The van der Waals surface area contributed by atoms with Crippen molar-refractivity contribution in [1.29, 1.82) is 0 Å². The van der Waals surface area contributed by atoms with Crippen molar-refractivity contribution < 1.29 is 4.79 Å². The van der Waals surface area contributed by atoms with Crippen LogP contribution in [-0.2, 0) is 4.79 Å². The van der Waals surface area contributed by atoms with E-state index in [1.807, 2.05) is 0 Å². The van der Waals surface area contributed by atoms with E-state index in [4.69, 9.17) is 0 Å². The van der Waals surface area contributed by atoms with Crippen LogP contribution in [0.15, 0.2) is 12.2 Å². The van der Waals surface area contributed by atoms with Gasteiger partial charge in [-0.2, -0.15) is 0 Å². The van der Waals surface area contributed by atoms with Gasteiger partial charge in [-0.25, -0.2) is 0 Å². The highest BCUT2D eigenvalue weighted by Crippen LogP contribution is 2.14. The molecular weight excluding hydrogens is 376 g/mol. The third-order valence-corrected chi connectivity index (χ3v) is 6.50. The van der Waals surface area contributed by atoms with Crippen LogP contribution in [0.3, 0.4) is 0 Å². The molecule has 0 spiro atoms. The molecule has 0 rings (SSSR count). The van der Waals surface area contributed by atoms with Gasteiger partial charge in [0.15, 0.2) is 0 Å². The molecule has 0 unspecified atom stereocenters. The Labute approximate surface area is 197 Å². The summed E-state index contributed by atoms with van der Waals surface area (Å²) >= 11 is 0. The van der Waals surface area contributed by atoms with Crippen LogP contribution in [0.4, 0.5) is 0 Å². The second kappa shape index (κ2) is 27.4. The van der Waals surface area contributed by atoms with Crippen molar-refractivity contribution in [2.75, 3.05) is 0 Å². The molecular formula is C30H58O. The molecule has 0 aromatic carbocycles. The zero-order valence-corrected chi connectivity index (χ0v) is 21.7. The van der Waals surface area contributed by atoms with Gasteiger partial charge in [-0.3, -0.25) is 4.79 Å². The van der Waals surface area contributed by atoms with Crippen LogP contribution in [0.5, 0.6) is 0 Å². The van der Waals surface area contributed by atoms with Gasteiger partial charge in [0, 0.05) is 12.8 Å². The highest BCUT2D eigenvalue weighted by Gasteiger charge is 1.99. The number of carbonyl (C=O) groups is 1. The van der Waals surface area contributed by atoms with Gasteiger partial charge >= 0.3 is 0 Å². The molecule has 184 valence electrons. The van der Waals surface area contributed by atoms with Crippen LogP contribution in [0.2, 0.25) is 0 Å². The first-order valence-corrected chi connectivity index (χ1v) is 14.5. The van der Waals surface area contributed by atoms with Crippen molar-refractivity contribution in [1.82, 2.24) is 0 Å². The van der Waals surface area contributed by atoms with Gasteiger partial charge in [-0.15, -0.1) is 0 Å². The minimum Gasteiger partial charge on any atom is -0.300 e. The summed E-state index contributed by atoms with van der Waals surface area (Å²) in [5, 5.41) is 0. The molecule has 0 aromatic rings. The summed E-state index contributed by atoms with van der Waals surface area (Å²) in [6.07, 6.45) is 37.9. The van der Waals surface area contributed by atoms with Gasteiger partial charge in [0.2, 0.25) is 0 Å². The fraction of sp³-hybridized carbons (Fsp3) is 0.900. The minimum absolute atomic E-state index is 0.471. The lowest BCUT2D eigenvalue weighted by molar-refractivity contribution is -0.119. The molecule has 0 radical (unpaired) electrons. The summed E-state index contributed by atoms with van der Waals surface area (Å²) in [6, 6.07) is 0. The minimum atomic E-state index is 0.471.